The molecule has 0 bridgehead atoms. The van der Waals surface area contributed by atoms with Crippen molar-refractivity contribution in [3.8, 4) is 0 Å². The van der Waals surface area contributed by atoms with Gasteiger partial charge >= 0.3 is 7.05 Å². The summed E-state index contributed by atoms with van der Waals surface area (Å²) in [6.45, 7) is 3.81. The molecule has 0 aliphatic carbocycles. The third kappa shape index (κ3) is 1.97. The van der Waals surface area contributed by atoms with Crippen LogP contribution in [-0.4, -0.2) is 12.1 Å². The van der Waals surface area contributed by atoms with Crippen molar-refractivity contribution in [2.45, 2.75) is 13.7 Å². The van der Waals surface area contributed by atoms with Crippen molar-refractivity contribution in [1.82, 2.24) is 0 Å². The van der Waals surface area contributed by atoms with Crippen LogP contribution in [-0.2, 0) is 0 Å². The van der Waals surface area contributed by atoms with E-state index in [9.17, 15) is 5.02 Å². The molecule has 0 saturated carbocycles. The zero-order valence-electron chi connectivity index (χ0n) is 8.99. The molecule has 0 fully saturated rings. The van der Waals surface area contributed by atoms with Crippen molar-refractivity contribution < 1.29 is 5.02 Å². The summed E-state index contributed by atoms with van der Waals surface area (Å²) >= 11 is 0. The number of anilines is 1. The monoisotopic (exact) mass is 199 g/mol. The Bertz CT molecular complexity index is 482. The highest BCUT2D eigenvalue weighted by Gasteiger charge is 2.06. The minimum atomic E-state index is -0.531. The van der Waals surface area contributed by atoms with Gasteiger partial charge in [-0.25, -0.2) is 0 Å². The first-order valence-corrected chi connectivity index (χ1v) is 5.11. The number of nitrogens with one attached hydrogen (secondary N) is 1. The lowest BCUT2D eigenvalue weighted by Gasteiger charge is -2.11. The molecule has 0 heterocycles. The van der Waals surface area contributed by atoms with E-state index in [1.165, 1.54) is 10.9 Å². The van der Waals surface area contributed by atoms with Crippen LogP contribution in [0.5, 0.6) is 0 Å². The van der Waals surface area contributed by atoms with E-state index < -0.39 is 7.05 Å². The predicted octanol–water partition coefficient (Wildman–Crippen LogP) is 2.67. The fraction of sp³-hybridized carbons (Fsp3) is 0.167. The molecule has 0 aliphatic rings. The summed E-state index contributed by atoms with van der Waals surface area (Å²) in [4.78, 5) is 0. The van der Waals surface area contributed by atoms with E-state index in [0.717, 1.165) is 11.1 Å². The second kappa shape index (κ2) is 3.95. The lowest BCUT2D eigenvalue weighted by Crippen LogP contribution is -2.19. The van der Waals surface area contributed by atoms with Gasteiger partial charge in [0.1, 0.15) is 0 Å². The second-order valence-corrected chi connectivity index (χ2v) is 3.80. The summed E-state index contributed by atoms with van der Waals surface area (Å²) in [6.07, 6.45) is 0. The van der Waals surface area contributed by atoms with E-state index in [2.05, 4.69) is 30.4 Å². The summed E-state index contributed by atoms with van der Waals surface area (Å²) < 4.78 is 0. The molecule has 0 amide bonds. The normalized spacial score (nSPS) is 10.3. The number of aryl methyl sites for hydroxylation is 1. The Balaban J connectivity index is 2.61. The average Bonchev–Trinajstić information content (AvgIpc) is 2.22. The SMILES string of the molecule is CB(O)Nc1ccc(C)c2ccccc12. The Kier molecular flexibility index (Phi) is 2.65. The van der Waals surface area contributed by atoms with Gasteiger partial charge in [0.15, 0.2) is 0 Å². The number of hydrogen-bond acceptors (Lipinski definition) is 2. The van der Waals surface area contributed by atoms with Gasteiger partial charge < -0.3 is 10.3 Å². The van der Waals surface area contributed by atoms with Gasteiger partial charge in [0.05, 0.1) is 0 Å². The Labute approximate surface area is 90.1 Å². The Morgan fingerprint density at radius 3 is 2.40 bits per heavy atom. The van der Waals surface area contributed by atoms with Crippen molar-refractivity contribution in [3.63, 3.8) is 0 Å². The van der Waals surface area contributed by atoms with Gasteiger partial charge in [0, 0.05) is 11.1 Å². The maximum atomic E-state index is 9.32. The molecule has 15 heavy (non-hydrogen) atoms. The molecular formula is C12H14BNO. The van der Waals surface area contributed by atoms with E-state index >= 15 is 0 Å². The highest BCUT2D eigenvalue weighted by molar-refractivity contribution is 6.53. The van der Waals surface area contributed by atoms with E-state index in [0.29, 0.717) is 0 Å². The molecule has 2 aromatic rings. The quantitative estimate of drug-likeness (QED) is 0.728. The summed E-state index contributed by atoms with van der Waals surface area (Å²) in [5, 5.41) is 14.7. The van der Waals surface area contributed by atoms with Crippen LogP contribution in [0.1, 0.15) is 5.56 Å². The third-order valence-corrected chi connectivity index (χ3v) is 2.51. The van der Waals surface area contributed by atoms with Crippen molar-refractivity contribution in [3.05, 3.63) is 42.0 Å². The smallest absolute Gasteiger partial charge is 0.406 e. The Morgan fingerprint density at radius 1 is 1.07 bits per heavy atom. The van der Waals surface area contributed by atoms with Crippen LogP contribution in [0.3, 0.4) is 0 Å². The minimum absolute atomic E-state index is 0.531. The van der Waals surface area contributed by atoms with E-state index in [1.54, 1.807) is 6.82 Å². The van der Waals surface area contributed by atoms with Gasteiger partial charge in [-0.15, -0.1) is 0 Å². The number of fused-ring (bicyclic) bond motifs is 1. The molecule has 3 heteroatoms. The molecule has 0 saturated heterocycles. The van der Waals surface area contributed by atoms with Crippen LogP contribution < -0.4 is 5.23 Å². The van der Waals surface area contributed by atoms with Gasteiger partial charge in [-0.1, -0.05) is 30.3 Å². The van der Waals surface area contributed by atoms with Crippen LogP contribution in [0.15, 0.2) is 36.4 Å². The third-order valence-electron chi connectivity index (χ3n) is 2.51. The maximum Gasteiger partial charge on any atom is 0.406 e. The van der Waals surface area contributed by atoms with E-state index in [1.807, 2.05) is 18.2 Å². The summed E-state index contributed by atoms with van der Waals surface area (Å²) in [7, 11) is -0.531. The molecular weight excluding hydrogens is 185 g/mol. The van der Waals surface area contributed by atoms with Crippen molar-refractivity contribution >= 4 is 23.5 Å². The van der Waals surface area contributed by atoms with Crippen LogP contribution in [0.25, 0.3) is 10.8 Å². The van der Waals surface area contributed by atoms with Crippen LogP contribution in [0.2, 0.25) is 6.82 Å². The van der Waals surface area contributed by atoms with Crippen LogP contribution in [0, 0.1) is 6.92 Å². The van der Waals surface area contributed by atoms with Crippen LogP contribution >= 0.6 is 0 Å². The standard InChI is InChI=1S/C12H14BNO/c1-9-7-8-12(14-13(2)15)11-6-4-3-5-10(9)11/h3-8,14-15H,1-2H3. The van der Waals surface area contributed by atoms with Crippen molar-refractivity contribution in [1.29, 1.82) is 0 Å². The largest absolute Gasteiger partial charge is 0.433 e. The average molecular weight is 199 g/mol. The molecule has 0 aliphatic heterocycles. The lowest BCUT2D eigenvalue weighted by atomic mass is 9.87. The van der Waals surface area contributed by atoms with Crippen molar-refractivity contribution in [2.75, 3.05) is 5.23 Å². The second-order valence-electron chi connectivity index (χ2n) is 3.80. The highest BCUT2D eigenvalue weighted by Crippen LogP contribution is 2.26. The molecule has 0 aromatic heterocycles. The maximum absolute atomic E-state index is 9.32. The van der Waals surface area contributed by atoms with Gasteiger partial charge in [-0.05, 0) is 30.8 Å². The van der Waals surface area contributed by atoms with Gasteiger partial charge in [-0.3, -0.25) is 0 Å². The number of benzene rings is 2. The molecule has 2 nitrogen and oxygen atoms in total. The first-order chi connectivity index (χ1) is 7.18. The molecule has 0 unspecified atom stereocenters. The zero-order valence-corrected chi connectivity index (χ0v) is 8.99. The summed E-state index contributed by atoms with van der Waals surface area (Å²) in [5.41, 5.74) is 2.23. The van der Waals surface area contributed by atoms with Gasteiger partial charge in [0.2, 0.25) is 0 Å². The van der Waals surface area contributed by atoms with Crippen molar-refractivity contribution in [2.24, 2.45) is 0 Å². The fourth-order valence-corrected chi connectivity index (χ4v) is 1.80. The number of rotatable bonds is 2. The van der Waals surface area contributed by atoms with E-state index in [-0.39, 0.29) is 0 Å². The summed E-state index contributed by atoms with van der Waals surface area (Å²) in [5.74, 6) is 0. The topological polar surface area (TPSA) is 32.3 Å². The zero-order chi connectivity index (χ0) is 10.8. The molecule has 2 rings (SSSR count). The highest BCUT2D eigenvalue weighted by atomic mass is 16.2. The molecule has 2 N–H and O–H groups in total. The molecule has 0 radical (unpaired) electrons. The molecule has 0 spiro atoms. The lowest BCUT2D eigenvalue weighted by molar-refractivity contribution is 0.587. The molecule has 2 aromatic carbocycles. The molecule has 0 atom stereocenters. The summed E-state index contributed by atoms with van der Waals surface area (Å²) in [6, 6.07) is 12.3. The minimum Gasteiger partial charge on any atom is -0.433 e. The van der Waals surface area contributed by atoms with Gasteiger partial charge in [0.25, 0.3) is 0 Å². The number of hydrogen-bond donors (Lipinski definition) is 2. The van der Waals surface area contributed by atoms with E-state index in [4.69, 9.17) is 0 Å². The fourth-order valence-electron chi connectivity index (χ4n) is 1.80. The molecule has 76 valence electrons. The Hall–Kier alpha value is -1.48. The predicted molar refractivity (Wildman–Crippen MR) is 66.1 cm³/mol. The first-order valence-electron chi connectivity index (χ1n) is 5.11. The van der Waals surface area contributed by atoms with Crippen LogP contribution in [0.4, 0.5) is 5.69 Å². The van der Waals surface area contributed by atoms with Gasteiger partial charge in [-0.2, -0.15) is 0 Å². The Morgan fingerprint density at radius 2 is 1.73 bits per heavy atom. The first kappa shape index (κ1) is 10.1.